The molecule has 1 saturated heterocycles. The molecule has 0 atom stereocenters. The van der Waals surface area contributed by atoms with Crippen LogP contribution in [0.3, 0.4) is 0 Å². The van der Waals surface area contributed by atoms with E-state index in [9.17, 15) is 0 Å². The average Bonchev–Trinajstić information content (AvgIpc) is 1.86. The second-order valence-electron chi connectivity index (χ2n) is 2.01. The molecule has 8 heavy (non-hydrogen) atoms. The molecule has 0 aromatic heterocycles. The zero-order valence-corrected chi connectivity index (χ0v) is 7.24. The first-order chi connectivity index (χ1) is 2.89. The zero-order valence-electron chi connectivity index (χ0n) is 5.65. The first-order valence-corrected chi connectivity index (χ1v) is 2.58. The second kappa shape index (κ2) is 6.16. The van der Waals surface area contributed by atoms with Crippen LogP contribution in [0.2, 0.25) is 0 Å². The Hall–Kier alpha value is 1.04. The Morgan fingerprint density at radius 2 is 1.50 bits per heavy atom. The Morgan fingerprint density at radius 1 is 1.12 bits per heavy atom. The summed E-state index contributed by atoms with van der Waals surface area (Å²) in [6, 6.07) is 0. The van der Waals surface area contributed by atoms with Crippen LogP contribution in [0.5, 0.6) is 0 Å². The Bertz CT molecular complexity index is 45.7. The standard InChI is InChI=1S/C5H11N.BrH.Li/c1-6-4-2-3-5-6;;/h2-5H2,1H3;1H;/q;;+1/p-1. The number of hydrogen-bond acceptors (Lipinski definition) is 1. The first-order valence-electron chi connectivity index (χ1n) is 2.58. The summed E-state index contributed by atoms with van der Waals surface area (Å²) >= 11 is 0. The quantitative estimate of drug-likeness (QED) is 0.330. The van der Waals surface area contributed by atoms with Gasteiger partial charge >= 0.3 is 18.9 Å². The number of nitrogens with zero attached hydrogens (tertiary/aromatic N) is 1. The van der Waals surface area contributed by atoms with Gasteiger partial charge in [-0.3, -0.25) is 0 Å². The van der Waals surface area contributed by atoms with Gasteiger partial charge in [0.05, 0.1) is 0 Å². The smallest absolute Gasteiger partial charge is 1.00 e. The van der Waals surface area contributed by atoms with Crippen molar-refractivity contribution in [2.45, 2.75) is 12.8 Å². The van der Waals surface area contributed by atoms with Crippen LogP contribution in [0.25, 0.3) is 0 Å². The average molecular weight is 172 g/mol. The summed E-state index contributed by atoms with van der Waals surface area (Å²) in [5.74, 6) is 0. The molecule has 0 aliphatic carbocycles. The summed E-state index contributed by atoms with van der Waals surface area (Å²) in [5.41, 5.74) is 0. The third-order valence-corrected chi connectivity index (χ3v) is 1.33. The van der Waals surface area contributed by atoms with Gasteiger partial charge in [-0.2, -0.15) is 0 Å². The maximum Gasteiger partial charge on any atom is 1.00 e. The fourth-order valence-electron chi connectivity index (χ4n) is 0.875. The van der Waals surface area contributed by atoms with Crippen molar-refractivity contribution in [1.82, 2.24) is 4.90 Å². The van der Waals surface area contributed by atoms with Crippen molar-refractivity contribution < 1.29 is 35.8 Å². The van der Waals surface area contributed by atoms with E-state index in [0.29, 0.717) is 0 Å². The molecule has 0 amide bonds. The van der Waals surface area contributed by atoms with Gasteiger partial charge in [-0.1, -0.05) is 0 Å². The van der Waals surface area contributed by atoms with Crippen molar-refractivity contribution in [3.05, 3.63) is 0 Å². The van der Waals surface area contributed by atoms with Crippen LogP contribution in [0, 0.1) is 0 Å². The van der Waals surface area contributed by atoms with E-state index in [1.807, 2.05) is 0 Å². The van der Waals surface area contributed by atoms with Gasteiger partial charge in [0.2, 0.25) is 0 Å². The van der Waals surface area contributed by atoms with Crippen molar-refractivity contribution in [3.8, 4) is 0 Å². The minimum absolute atomic E-state index is 0. The zero-order chi connectivity index (χ0) is 4.41. The monoisotopic (exact) mass is 171 g/mol. The van der Waals surface area contributed by atoms with E-state index in [2.05, 4.69) is 11.9 Å². The van der Waals surface area contributed by atoms with E-state index in [1.165, 1.54) is 25.9 Å². The summed E-state index contributed by atoms with van der Waals surface area (Å²) < 4.78 is 0. The molecule has 1 rings (SSSR count). The summed E-state index contributed by atoms with van der Waals surface area (Å²) in [4.78, 5) is 2.36. The van der Waals surface area contributed by atoms with Crippen molar-refractivity contribution in [3.63, 3.8) is 0 Å². The fourth-order valence-corrected chi connectivity index (χ4v) is 0.875. The topological polar surface area (TPSA) is 3.24 Å². The summed E-state index contributed by atoms with van der Waals surface area (Å²) in [6.07, 6.45) is 2.83. The maximum atomic E-state index is 2.36. The number of likely N-dealkylation sites (tertiary alicyclic amines) is 1. The SMILES string of the molecule is CN1CCCC1.[Br-].[Li+]. The Balaban J connectivity index is 0. The van der Waals surface area contributed by atoms with E-state index >= 15 is 0 Å². The number of rotatable bonds is 0. The normalized spacial score (nSPS) is 19.1. The molecule has 0 radical (unpaired) electrons. The van der Waals surface area contributed by atoms with Gasteiger partial charge in [-0.05, 0) is 33.0 Å². The van der Waals surface area contributed by atoms with Crippen molar-refractivity contribution >= 4 is 0 Å². The third kappa shape index (κ3) is 3.97. The van der Waals surface area contributed by atoms with Gasteiger partial charge < -0.3 is 21.9 Å². The molecule has 1 fully saturated rings. The molecular formula is C5H11BrLiN. The molecule has 44 valence electrons. The van der Waals surface area contributed by atoms with Crippen molar-refractivity contribution in [1.29, 1.82) is 0 Å². The Labute approximate surface area is 73.8 Å². The summed E-state index contributed by atoms with van der Waals surface area (Å²) in [7, 11) is 2.17. The van der Waals surface area contributed by atoms with Gasteiger partial charge in [0.15, 0.2) is 0 Å². The van der Waals surface area contributed by atoms with E-state index in [4.69, 9.17) is 0 Å². The van der Waals surface area contributed by atoms with Crippen LogP contribution in [0.15, 0.2) is 0 Å². The molecule has 1 aliphatic rings. The van der Waals surface area contributed by atoms with Gasteiger partial charge in [-0.15, -0.1) is 0 Å². The van der Waals surface area contributed by atoms with Crippen molar-refractivity contribution in [2.75, 3.05) is 20.1 Å². The minimum atomic E-state index is 0. The molecule has 1 heterocycles. The van der Waals surface area contributed by atoms with Crippen LogP contribution in [-0.2, 0) is 0 Å². The molecule has 0 aromatic rings. The van der Waals surface area contributed by atoms with E-state index in [0.717, 1.165) is 0 Å². The molecule has 0 spiro atoms. The molecule has 0 saturated carbocycles. The van der Waals surface area contributed by atoms with Crippen LogP contribution >= 0.6 is 0 Å². The molecule has 0 aromatic carbocycles. The predicted octanol–water partition coefficient (Wildman–Crippen LogP) is -5.28. The Kier molecular flexibility index (Phi) is 9.08. The molecular weight excluding hydrogens is 161 g/mol. The van der Waals surface area contributed by atoms with Gasteiger partial charge in [0.25, 0.3) is 0 Å². The number of hydrogen-bond donors (Lipinski definition) is 0. The summed E-state index contributed by atoms with van der Waals surface area (Å²) in [6.45, 7) is 2.64. The third-order valence-electron chi connectivity index (χ3n) is 1.33. The van der Waals surface area contributed by atoms with E-state index < -0.39 is 0 Å². The first kappa shape index (κ1) is 11.8. The fraction of sp³-hybridized carbons (Fsp3) is 1.00. The predicted molar refractivity (Wildman–Crippen MR) is 26.7 cm³/mol. The van der Waals surface area contributed by atoms with Gasteiger partial charge in [0.1, 0.15) is 0 Å². The van der Waals surface area contributed by atoms with Gasteiger partial charge in [0, 0.05) is 0 Å². The van der Waals surface area contributed by atoms with Crippen LogP contribution in [-0.4, -0.2) is 25.0 Å². The molecule has 3 heteroatoms. The van der Waals surface area contributed by atoms with Crippen molar-refractivity contribution in [2.24, 2.45) is 0 Å². The van der Waals surface area contributed by atoms with Crippen LogP contribution in [0.1, 0.15) is 12.8 Å². The van der Waals surface area contributed by atoms with Crippen LogP contribution in [0.4, 0.5) is 0 Å². The number of halogens is 1. The second-order valence-corrected chi connectivity index (χ2v) is 2.01. The minimum Gasteiger partial charge on any atom is -1.00 e. The summed E-state index contributed by atoms with van der Waals surface area (Å²) in [5, 5.41) is 0. The molecule has 1 aliphatic heterocycles. The Morgan fingerprint density at radius 3 is 1.62 bits per heavy atom. The van der Waals surface area contributed by atoms with E-state index in [-0.39, 0.29) is 35.8 Å². The van der Waals surface area contributed by atoms with Crippen LogP contribution < -0.4 is 35.8 Å². The maximum absolute atomic E-state index is 2.36. The molecule has 1 nitrogen and oxygen atoms in total. The molecule has 0 bridgehead atoms. The largest absolute Gasteiger partial charge is 1.00 e. The molecule has 0 N–H and O–H groups in total. The molecule has 0 unspecified atom stereocenters. The van der Waals surface area contributed by atoms with Gasteiger partial charge in [-0.25, -0.2) is 0 Å². The van der Waals surface area contributed by atoms with E-state index in [1.54, 1.807) is 0 Å².